The zero-order valence-electron chi connectivity index (χ0n) is 17.0. The second-order valence-electron chi connectivity index (χ2n) is 6.75. The molecular weight excluding hydrogens is 384 g/mol. The summed E-state index contributed by atoms with van der Waals surface area (Å²) in [5.74, 6) is 0.465. The maximum Gasteiger partial charge on any atom is 0.316 e. The number of amides is 2. The summed E-state index contributed by atoms with van der Waals surface area (Å²) < 4.78 is 10.1. The third-order valence-electron chi connectivity index (χ3n) is 4.43. The van der Waals surface area contributed by atoms with Gasteiger partial charge in [0.15, 0.2) is 0 Å². The van der Waals surface area contributed by atoms with Crippen molar-refractivity contribution in [1.29, 1.82) is 0 Å². The number of ether oxygens (including phenoxy) is 1. The molecule has 0 bridgehead atoms. The average molecular weight is 408 g/mol. The van der Waals surface area contributed by atoms with E-state index in [9.17, 15) is 9.59 Å². The molecule has 8 nitrogen and oxygen atoms in total. The number of hydrogen-bond donors (Lipinski definition) is 2. The molecule has 0 atom stereocenters. The molecule has 0 aliphatic heterocycles. The molecule has 0 aliphatic rings. The van der Waals surface area contributed by atoms with Crippen LogP contribution in [-0.2, 0) is 11.2 Å². The second-order valence-corrected chi connectivity index (χ2v) is 6.75. The van der Waals surface area contributed by atoms with Crippen molar-refractivity contribution >= 4 is 11.8 Å². The van der Waals surface area contributed by atoms with E-state index in [1.807, 2.05) is 55.5 Å². The SMILES string of the molecule is COc1ccc(CCC(=O)NCCNC(=O)c2nc(-c3cccc(C)c3)no2)cc1. The predicted molar refractivity (Wildman–Crippen MR) is 111 cm³/mol. The Balaban J connectivity index is 1.37. The summed E-state index contributed by atoms with van der Waals surface area (Å²) in [6, 6.07) is 15.2. The van der Waals surface area contributed by atoms with Gasteiger partial charge in [-0.3, -0.25) is 9.59 Å². The molecule has 2 aromatic carbocycles. The first-order valence-corrected chi connectivity index (χ1v) is 9.64. The number of nitrogens with zero attached hydrogens (tertiary/aromatic N) is 2. The van der Waals surface area contributed by atoms with Crippen LogP contribution in [0.1, 0.15) is 28.2 Å². The molecule has 156 valence electrons. The van der Waals surface area contributed by atoms with E-state index in [2.05, 4.69) is 20.8 Å². The molecular formula is C22H24N4O4. The Morgan fingerprint density at radius 2 is 1.83 bits per heavy atom. The number of hydrogen-bond acceptors (Lipinski definition) is 6. The van der Waals surface area contributed by atoms with E-state index in [-0.39, 0.29) is 18.3 Å². The first-order valence-electron chi connectivity index (χ1n) is 9.64. The maximum absolute atomic E-state index is 12.1. The van der Waals surface area contributed by atoms with E-state index in [1.54, 1.807) is 7.11 Å². The highest BCUT2D eigenvalue weighted by atomic mass is 16.5. The lowest BCUT2D eigenvalue weighted by molar-refractivity contribution is -0.121. The monoisotopic (exact) mass is 408 g/mol. The fraction of sp³-hybridized carbons (Fsp3) is 0.273. The van der Waals surface area contributed by atoms with Crippen molar-refractivity contribution in [2.45, 2.75) is 19.8 Å². The summed E-state index contributed by atoms with van der Waals surface area (Å²) in [7, 11) is 1.61. The van der Waals surface area contributed by atoms with Gasteiger partial charge in [0.25, 0.3) is 0 Å². The van der Waals surface area contributed by atoms with Crippen LogP contribution in [0.4, 0.5) is 0 Å². The van der Waals surface area contributed by atoms with Gasteiger partial charge in [0, 0.05) is 25.1 Å². The van der Waals surface area contributed by atoms with Gasteiger partial charge in [-0.2, -0.15) is 4.98 Å². The van der Waals surface area contributed by atoms with Crippen molar-refractivity contribution in [2.75, 3.05) is 20.2 Å². The molecule has 0 aliphatic carbocycles. The highest BCUT2D eigenvalue weighted by Gasteiger charge is 2.15. The maximum atomic E-state index is 12.1. The zero-order chi connectivity index (χ0) is 21.3. The Labute approximate surface area is 174 Å². The first kappa shape index (κ1) is 21.0. The topological polar surface area (TPSA) is 106 Å². The molecule has 0 saturated heterocycles. The van der Waals surface area contributed by atoms with E-state index in [0.717, 1.165) is 22.4 Å². The van der Waals surface area contributed by atoms with Crippen LogP contribution in [-0.4, -0.2) is 42.2 Å². The van der Waals surface area contributed by atoms with Crippen LogP contribution in [0.25, 0.3) is 11.4 Å². The van der Waals surface area contributed by atoms with Crippen molar-refractivity contribution in [3.63, 3.8) is 0 Å². The lowest BCUT2D eigenvalue weighted by Crippen LogP contribution is -2.34. The van der Waals surface area contributed by atoms with Gasteiger partial charge in [-0.15, -0.1) is 0 Å². The third kappa shape index (κ3) is 5.91. The smallest absolute Gasteiger partial charge is 0.316 e. The van der Waals surface area contributed by atoms with Crippen LogP contribution in [0.2, 0.25) is 0 Å². The van der Waals surface area contributed by atoms with Crippen LogP contribution in [0, 0.1) is 6.92 Å². The lowest BCUT2D eigenvalue weighted by Gasteiger charge is -2.06. The predicted octanol–water partition coefficient (Wildman–Crippen LogP) is 2.53. The highest BCUT2D eigenvalue weighted by molar-refractivity contribution is 5.89. The number of methoxy groups -OCH3 is 1. The van der Waals surface area contributed by atoms with Gasteiger partial charge >= 0.3 is 11.8 Å². The molecule has 8 heteroatoms. The van der Waals surface area contributed by atoms with Gasteiger partial charge in [-0.05, 0) is 37.1 Å². The Bertz CT molecular complexity index is 998. The van der Waals surface area contributed by atoms with Crippen LogP contribution < -0.4 is 15.4 Å². The van der Waals surface area contributed by atoms with Crippen LogP contribution in [0.15, 0.2) is 53.1 Å². The number of carbonyl (C=O) groups is 2. The molecule has 1 aromatic heterocycles. The van der Waals surface area contributed by atoms with Crippen molar-refractivity contribution in [3.05, 3.63) is 65.5 Å². The zero-order valence-corrected chi connectivity index (χ0v) is 17.0. The average Bonchev–Trinajstić information content (AvgIpc) is 3.26. The Hall–Kier alpha value is -3.68. The molecule has 3 aromatic rings. The fourth-order valence-electron chi connectivity index (χ4n) is 2.81. The molecule has 0 fully saturated rings. The van der Waals surface area contributed by atoms with E-state index in [0.29, 0.717) is 25.2 Å². The molecule has 0 saturated carbocycles. The number of carbonyl (C=O) groups excluding carboxylic acids is 2. The normalized spacial score (nSPS) is 10.5. The van der Waals surface area contributed by atoms with E-state index < -0.39 is 5.91 Å². The highest BCUT2D eigenvalue weighted by Crippen LogP contribution is 2.17. The summed E-state index contributed by atoms with van der Waals surface area (Å²) in [4.78, 5) is 28.2. The molecule has 3 rings (SSSR count). The van der Waals surface area contributed by atoms with Crippen LogP contribution in [0.5, 0.6) is 5.75 Å². The molecule has 0 spiro atoms. The summed E-state index contributed by atoms with van der Waals surface area (Å²) in [6.45, 7) is 2.53. The van der Waals surface area contributed by atoms with Gasteiger partial charge in [0.2, 0.25) is 11.7 Å². The minimum Gasteiger partial charge on any atom is -0.497 e. The van der Waals surface area contributed by atoms with E-state index >= 15 is 0 Å². The molecule has 2 amide bonds. The minimum atomic E-state index is -0.478. The van der Waals surface area contributed by atoms with Gasteiger partial charge in [-0.1, -0.05) is 41.1 Å². The lowest BCUT2D eigenvalue weighted by atomic mass is 10.1. The number of rotatable bonds is 9. The summed E-state index contributed by atoms with van der Waals surface area (Å²) >= 11 is 0. The van der Waals surface area contributed by atoms with Gasteiger partial charge in [0.1, 0.15) is 5.75 Å². The van der Waals surface area contributed by atoms with Gasteiger partial charge < -0.3 is 19.9 Å². The first-order chi connectivity index (χ1) is 14.5. The van der Waals surface area contributed by atoms with Crippen molar-refractivity contribution in [1.82, 2.24) is 20.8 Å². The van der Waals surface area contributed by atoms with Crippen molar-refractivity contribution < 1.29 is 18.8 Å². The Morgan fingerprint density at radius 3 is 2.57 bits per heavy atom. The van der Waals surface area contributed by atoms with Gasteiger partial charge in [-0.25, -0.2) is 0 Å². The molecule has 30 heavy (non-hydrogen) atoms. The van der Waals surface area contributed by atoms with E-state index in [1.165, 1.54) is 0 Å². The Morgan fingerprint density at radius 1 is 1.07 bits per heavy atom. The fourth-order valence-corrected chi connectivity index (χ4v) is 2.81. The molecule has 2 N–H and O–H groups in total. The number of nitrogens with one attached hydrogen (secondary N) is 2. The number of benzene rings is 2. The quantitative estimate of drug-likeness (QED) is 0.527. The molecule has 1 heterocycles. The van der Waals surface area contributed by atoms with Crippen LogP contribution in [0.3, 0.4) is 0 Å². The molecule has 0 radical (unpaired) electrons. The van der Waals surface area contributed by atoms with E-state index in [4.69, 9.17) is 9.26 Å². The standard InChI is InChI=1S/C22H24N4O4/c1-15-4-3-5-17(14-15)20-25-22(30-26-20)21(28)24-13-12-23-19(27)11-8-16-6-9-18(29-2)10-7-16/h3-7,9-10,14H,8,11-13H2,1-2H3,(H,23,27)(H,24,28). The van der Waals surface area contributed by atoms with Gasteiger partial charge in [0.05, 0.1) is 7.11 Å². The summed E-state index contributed by atoms with van der Waals surface area (Å²) in [5.41, 5.74) is 2.90. The molecule has 0 unspecified atom stereocenters. The second kappa shape index (κ2) is 10.2. The van der Waals surface area contributed by atoms with Crippen molar-refractivity contribution in [3.8, 4) is 17.1 Å². The number of aryl methyl sites for hydroxylation is 2. The number of aromatic nitrogens is 2. The third-order valence-corrected chi connectivity index (χ3v) is 4.43. The summed E-state index contributed by atoms with van der Waals surface area (Å²) in [6.07, 6.45) is 0.996. The Kier molecular flexibility index (Phi) is 7.15. The summed E-state index contributed by atoms with van der Waals surface area (Å²) in [5, 5.41) is 9.27. The van der Waals surface area contributed by atoms with Crippen molar-refractivity contribution in [2.24, 2.45) is 0 Å². The largest absolute Gasteiger partial charge is 0.497 e. The minimum absolute atomic E-state index is 0.0837. The van der Waals surface area contributed by atoms with Crippen LogP contribution >= 0.6 is 0 Å².